The predicted octanol–water partition coefficient (Wildman–Crippen LogP) is 3.92. The number of hydrogen-bond donors (Lipinski definition) is 3. The molecule has 0 aromatic heterocycles. The molecule has 2 aromatic carbocycles. The second-order valence-corrected chi connectivity index (χ2v) is 8.20. The number of benzene rings is 2. The summed E-state index contributed by atoms with van der Waals surface area (Å²) in [5, 5.41) is 14.7. The molecule has 1 aliphatic rings. The molecule has 1 atom stereocenters. The molecule has 3 rings (SSSR count). The zero-order chi connectivity index (χ0) is 23.3. The van der Waals surface area contributed by atoms with Crippen molar-refractivity contribution in [3.8, 4) is 11.1 Å². The van der Waals surface area contributed by atoms with Crippen molar-refractivity contribution in [2.24, 2.45) is 5.41 Å². The van der Waals surface area contributed by atoms with Crippen LogP contribution in [0, 0.1) is 5.41 Å². The summed E-state index contributed by atoms with van der Waals surface area (Å²) >= 11 is 0. The van der Waals surface area contributed by atoms with E-state index in [0.717, 1.165) is 22.3 Å². The van der Waals surface area contributed by atoms with E-state index < -0.39 is 29.4 Å². The molecule has 0 heterocycles. The first kappa shape index (κ1) is 23.3. The van der Waals surface area contributed by atoms with Gasteiger partial charge in [0, 0.05) is 12.5 Å². The molecule has 1 aliphatic carbocycles. The van der Waals surface area contributed by atoms with Crippen LogP contribution in [0.5, 0.6) is 0 Å². The van der Waals surface area contributed by atoms with Crippen LogP contribution in [-0.2, 0) is 14.3 Å². The Bertz CT molecular complexity index is 954. The molecule has 0 saturated heterocycles. The van der Waals surface area contributed by atoms with Gasteiger partial charge in [0.1, 0.15) is 12.6 Å². The lowest BCUT2D eigenvalue weighted by molar-refractivity contribution is -0.149. The maximum Gasteiger partial charge on any atom is 0.407 e. The summed E-state index contributed by atoms with van der Waals surface area (Å²) in [5.41, 5.74) is 3.48. The Kier molecular flexibility index (Phi) is 7.18. The average molecular weight is 439 g/mol. The van der Waals surface area contributed by atoms with Crippen molar-refractivity contribution >= 4 is 18.0 Å². The molecule has 7 heteroatoms. The summed E-state index contributed by atoms with van der Waals surface area (Å²) in [7, 11) is 0. The molecule has 0 aliphatic heterocycles. The van der Waals surface area contributed by atoms with Crippen LogP contribution in [-0.4, -0.2) is 42.3 Å². The van der Waals surface area contributed by atoms with Gasteiger partial charge in [-0.1, -0.05) is 62.4 Å². The van der Waals surface area contributed by atoms with Gasteiger partial charge in [0.05, 0.1) is 5.41 Å². The first-order chi connectivity index (χ1) is 15.3. The number of carbonyl (C=O) groups is 3. The van der Waals surface area contributed by atoms with E-state index in [0.29, 0.717) is 12.8 Å². The predicted molar refractivity (Wildman–Crippen MR) is 121 cm³/mol. The number of carboxylic acids is 1. The van der Waals surface area contributed by atoms with E-state index in [4.69, 9.17) is 4.74 Å². The quantitative estimate of drug-likeness (QED) is 0.550. The topological polar surface area (TPSA) is 105 Å². The van der Waals surface area contributed by atoms with Crippen molar-refractivity contribution < 1.29 is 24.2 Å². The van der Waals surface area contributed by atoms with Gasteiger partial charge in [-0.25, -0.2) is 4.79 Å². The molecule has 0 bridgehead atoms. The molecule has 0 saturated carbocycles. The fourth-order valence-corrected chi connectivity index (χ4v) is 4.17. The SMILES string of the molecule is CCC(CC)(CNC(=O)C(C)NC(=O)OCC1c2ccccc2-c2ccccc21)C(=O)O. The minimum Gasteiger partial charge on any atom is -0.481 e. The fraction of sp³-hybridized carbons (Fsp3) is 0.400. The van der Waals surface area contributed by atoms with Gasteiger partial charge in [0.15, 0.2) is 0 Å². The molecule has 32 heavy (non-hydrogen) atoms. The van der Waals surface area contributed by atoms with Crippen LogP contribution >= 0.6 is 0 Å². The van der Waals surface area contributed by atoms with Crippen LogP contribution in [0.2, 0.25) is 0 Å². The first-order valence-corrected chi connectivity index (χ1v) is 11.0. The molecule has 3 N–H and O–H groups in total. The smallest absolute Gasteiger partial charge is 0.407 e. The van der Waals surface area contributed by atoms with E-state index in [1.807, 2.05) is 36.4 Å². The number of carboxylic acid groups (broad SMARTS) is 1. The normalized spacial score (nSPS) is 13.6. The molecule has 0 fully saturated rings. The molecular weight excluding hydrogens is 408 g/mol. The van der Waals surface area contributed by atoms with Gasteiger partial charge in [-0.2, -0.15) is 0 Å². The Labute approximate surface area is 188 Å². The Morgan fingerprint density at radius 3 is 2.03 bits per heavy atom. The zero-order valence-corrected chi connectivity index (χ0v) is 18.7. The Hall–Kier alpha value is -3.35. The summed E-state index contributed by atoms with van der Waals surface area (Å²) < 4.78 is 5.46. The fourth-order valence-electron chi connectivity index (χ4n) is 4.17. The second kappa shape index (κ2) is 9.85. The lowest BCUT2D eigenvalue weighted by atomic mass is 9.82. The standard InChI is InChI=1S/C25H30N2O5/c1-4-25(5-2,23(29)30)15-26-22(28)16(3)27-24(31)32-14-21-19-12-8-6-10-17(19)18-11-7-9-13-20(18)21/h6-13,16,21H,4-5,14-15H2,1-3H3,(H,26,28)(H,27,31)(H,29,30). The van der Waals surface area contributed by atoms with Crippen LogP contribution in [0.3, 0.4) is 0 Å². The number of alkyl carbamates (subject to hydrolysis) is 1. The number of fused-ring (bicyclic) bond motifs is 3. The molecule has 2 amide bonds. The van der Waals surface area contributed by atoms with Gasteiger partial charge in [0.25, 0.3) is 0 Å². The van der Waals surface area contributed by atoms with E-state index in [9.17, 15) is 19.5 Å². The third-order valence-corrected chi connectivity index (χ3v) is 6.48. The molecule has 7 nitrogen and oxygen atoms in total. The lowest BCUT2D eigenvalue weighted by Crippen LogP contribution is -2.49. The monoisotopic (exact) mass is 438 g/mol. The van der Waals surface area contributed by atoms with Crippen LogP contribution in [0.25, 0.3) is 11.1 Å². The van der Waals surface area contributed by atoms with Crippen LogP contribution in [0.4, 0.5) is 4.79 Å². The number of ether oxygens (including phenoxy) is 1. The van der Waals surface area contributed by atoms with Crippen molar-refractivity contribution in [2.45, 2.75) is 45.6 Å². The number of aliphatic carboxylic acids is 1. The Balaban J connectivity index is 1.56. The van der Waals surface area contributed by atoms with Gasteiger partial charge in [-0.05, 0) is 42.0 Å². The molecule has 2 aromatic rings. The largest absolute Gasteiger partial charge is 0.481 e. The highest BCUT2D eigenvalue weighted by atomic mass is 16.5. The van der Waals surface area contributed by atoms with Crippen molar-refractivity contribution in [2.75, 3.05) is 13.2 Å². The number of amides is 2. The van der Waals surface area contributed by atoms with Gasteiger partial charge in [-0.15, -0.1) is 0 Å². The van der Waals surface area contributed by atoms with Gasteiger partial charge in [0.2, 0.25) is 5.91 Å². The summed E-state index contributed by atoms with van der Waals surface area (Å²) in [6.45, 7) is 5.26. The van der Waals surface area contributed by atoms with Crippen LogP contribution in [0.1, 0.15) is 50.7 Å². The Morgan fingerprint density at radius 1 is 1.00 bits per heavy atom. The van der Waals surface area contributed by atoms with Crippen LogP contribution in [0.15, 0.2) is 48.5 Å². The van der Waals surface area contributed by atoms with Gasteiger partial charge >= 0.3 is 12.1 Å². The van der Waals surface area contributed by atoms with E-state index in [2.05, 4.69) is 22.8 Å². The maximum atomic E-state index is 12.4. The molecular formula is C25H30N2O5. The third-order valence-electron chi connectivity index (χ3n) is 6.48. The summed E-state index contributed by atoms with van der Waals surface area (Å²) in [6, 6.07) is 15.2. The second-order valence-electron chi connectivity index (χ2n) is 8.20. The van der Waals surface area contributed by atoms with Gasteiger partial charge < -0.3 is 20.5 Å². The van der Waals surface area contributed by atoms with E-state index in [1.54, 1.807) is 13.8 Å². The lowest BCUT2D eigenvalue weighted by Gasteiger charge is -2.27. The minimum atomic E-state index is -1.01. The highest BCUT2D eigenvalue weighted by Gasteiger charge is 2.35. The van der Waals surface area contributed by atoms with Crippen LogP contribution < -0.4 is 10.6 Å². The Morgan fingerprint density at radius 2 is 1.53 bits per heavy atom. The first-order valence-electron chi connectivity index (χ1n) is 11.0. The van der Waals surface area contributed by atoms with Crippen molar-refractivity contribution in [1.82, 2.24) is 10.6 Å². The maximum absolute atomic E-state index is 12.4. The van der Waals surface area contributed by atoms with Gasteiger partial charge in [-0.3, -0.25) is 9.59 Å². The van der Waals surface area contributed by atoms with Crippen molar-refractivity contribution in [3.63, 3.8) is 0 Å². The average Bonchev–Trinajstić information content (AvgIpc) is 3.12. The van der Waals surface area contributed by atoms with Crippen molar-refractivity contribution in [3.05, 3.63) is 59.7 Å². The van der Waals surface area contributed by atoms with Crippen molar-refractivity contribution in [1.29, 1.82) is 0 Å². The molecule has 170 valence electrons. The zero-order valence-electron chi connectivity index (χ0n) is 18.7. The molecule has 1 unspecified atom stereocenters. The van der Waals surface area contributed by atoms with E-state index >= 15 is 0 Å². The summed E-state index contributed by atoms with van der Waals surface area (Å²) in [6.07, 6.45) is 0.102. The van der Waals surface area contributed by atoms with E-state index in [1.165, 1.54) is 6.92 Å². The minimum absolute atomic E-state index is 0.00484. The summed E-state index contributed by atoms with van der Waals surface area (Å²) in [4.78, 5) is 36.3. The summed E-state index contributed by atoms with van der Waals surface area (Å²) in [5.74, 6) is -1.46. The number of hydrogen-bond acceptors (Lipinski definition) is 4. The third kappa shape index (κ3) is 4.61. The highest BCUT2D eigenvalue weighted by Crippen LogP contribution is 2.44. The number of nitrogens with one attached hydrogen (secondary N) is 2. The highest BCUT2D eigenvalue weighted by molar-refractivity contribution is 5.86. The van der Waals surface area contributed by atoms with E-state index in [-0.39, 0.29) is 19.1 Å². The number of rotatable bonds is 9. The molecule has 0 radical (unpaired) electrons. The molecule has 0 spiro atoms. The number of carbonyl (C=O) groups excluding carboxylic acids is 2.